The molecule has 27 heavy (non-hydrogen) atoms. The molecule has 0 unspecified atom stereocenters. The molecule has 0 radical (unpaired) electrons. The SMILES string of the molecule is COCN(CCO)c1cc(N(CCO)CCO)cc(N(COC)COC)c1. The third-order valence-corrected chi connectivity index (χ3v) is 3.95. The van der Waals surface area contributed by atoms with Crippen molar-refractivity contribution in [3.8, 4) is 0 Å². The third-order valence-electron chi connectivity index (χ3n) is 3.95. The van der Waals surface area contributed by atoms with Crippen molar-refractivity contribution in [3.05, 3.63) is 18.2 Å². The van der Waals surface area contributed by atoms with Crippen molar-refractivity contribution in [2.24, 2.45) is 0 Å². The van der Waals surface area contributed by atoms with Crippen LogP contribution in [0.1, 0.15) is 0 Å². The van der Waals surface area contributed by atoms with Gasteiger partial charge in [-0.15, -0.1) is 0 Å². The van der Waals surface area contributed by atoms with Gasteiger partial charge in [0.15, 0.2) is 0 Å². The predicted molar refractivity (Wildman–Crippen MR) is 105 cm³/mol. The molecular weight excluding hydrogens is 354 g/mol. The molecule has 0 saturated carbocycles. The fourth-order valence-electron chi connectivity index (χ4n) is 2.78. The minimum Gasteiger partial charge on any atom is -0.395 e. The van der Waals surface area contributed by atoms with Crippen molar-refractivity contribution in [1.29, 1.82) is 0 Å². The fourth-order valence-corrected chi connectivity index (χ4v) is 2.78. The van der Waals surface area contributed by atoms with Crippen LogP contribution in [0.15, 0.2) is 18.2 Å². The Morgan fingerprint density at radius 3 is 1.33 bits per heavy atom. The first-order chi connectivity index (χ1) is 13.1. The lowest BCUT2D eigenvalue weighted by Crippen LogP contribution is -2.33. The highest BCUT2D eigenvalue weighted by Crippen LogP contribution is 2.30. The summed E-state index contributed by atoms with van der Waals surface area (Å²) in [6.07, 6.45) is 0. The quantitative estimate of drug-likeness (QED) is 0.356. The summed E-state index contributed by atoms with van der Waals surface area (Å²) in [5.41, 5.74) is 2.53. The maximum absolute atomic E-state index is 9.39. The van der Waals surface area contributed by atoms with Crippen LogP contribution in [0, 0.1) is 0 Å². The van der Waals surface area contributed by atoms with Gasteiger partial charge >= 0.3 is 0 Å². The average molecular weight is 387 g/mol. The zero-order valence-corrected chi connectivity index (χ0v) is 16.5. The Kier molecular flexibility index (Phi) is 11.7. The minimum atomic E-state index is -0.0299. The highest BCUT2D eigenvalue weighted by atomic mass is 16.5. The van der Waals surface area contributed by atoms with Crippen LogP contribution in [0.4, 0.5) is 17.1 Å². The van der Waals surface area contributed by atoms with E-state index in [0.29, 0.717) is 39.8 Å². The normalized spacial score (nSPS) is 10.9. The molecule has 0 fully saturated rings. The average Bonchev–Trinajstić information content (AvgIpc) is 2.67. The molecule has 1 aromatic carbocycles. The van der Waals surface area contributed by atoms with Gasteiger partial charge in [-0.05, 0) is 18.2 Å². The lowest BCUT2D eigenvalue weighted by molar-refractivity contribution is 0.140. The summed E-state index contributed by atoms with van der Waals surface area (Å²) in [7, 11) is 4.82. The molecular formula is C18H33N3O6. The summed E-state index contributed by atoms with van der Waals surface area (Å²) in [6.45, 7) is 2.10. The van der Waals surface area contributed by atoms with E-state index in [1.165, 1.54) is 0 Å². The van der Waals surface area contributed by atoms with Gasteiger partial charge in [0.2, 0.25) is 0 Å². The second-order valence-electron chi connectivity index (χ2n) is 5.92. The van der Waals surface area contributed by atoms with Crippen LogP contribution in [0.5, 0.6) is 0 Å². The number of benzene rings is 1. The summed E-state index contributed by atoms with van der Waals surface area (Å²) in [5.74, 6) is 0. The van der Waals surface area contributed by atoms with Gasteiger partial charge in [0.1, 0.15) is 20.2 Å². The van der Waals surface area contributed by atoms with Gasteiger partial charge in [-0.1, -0.05) is 0 Å². The number of anilines is 3. The monoisotopic (exact) mass is 387 g/mol. The second-order valence-corrected chi connectivity index (χ2v) is 5.92. The van der Waals surface area contributed by atoms with Gasteiger partial charge in [0.05, 0.1) is 19.8 Å². The second kappa shape index (κ2) is 13.5. The van der Waals surface area contributed by atoms with E-state index in [-0.39, 0.29) is 19.8 Å². The molecule has 9 heteroatoms. The number of ether oxygens (including phenoxy) is 3. The van der Waals surface area contributed by atoms with Gasteiger partial charge in [0, 0.05) is 58.0 Å². The van der Waals surface area contributed by atoms with Crippen molar-refractivity contribution in [1.82, 2.24) is 0 Å². The third kappa shape index (κ3) is 7.49. The number of nitrogens with zero attached hydrogens (tertiary/aromatic N) is 3. The smallest absolute Gasteiger partial charge is 0.120 e. The first-order valence-electron chi connectivity index (χ1n) is 8.84. The topological polar surface area (TPSA) is 98.1 Å². The molecule has 0 saturated heterocycles. The molecule has 0 amide bonds. The Morgan fingerprint density at radius 2 is 0.926 bits per heavy atom. The summed E-state index contributed by atoms with van der Waals surface area (Å²) in [6, 6.07) is 5.87. The molecule has 0 aliphatic carbocycles. The van der Waals surface area contributed by atoms with Crippen LogP contribution >= 0.6 is 0 Å². The molecule has 0 bridgehead atoms. The van der Waals surface area contributed by atoms with Crippen molar-refractivity contribution in [2.45, 2.75) is 0 Å². The van der Waals surface area contributed by atoms with Gasteiger partial charge < -0.3 is 44.2 Å². The first-order valence-corrected chi connectivity index (χ1v) is 8.84. The number of rotatable bonds is 15. The van der Waals surface area contributed by atoms with Crippen LogP contribution in [0.3, 0.4) is 0 Å². The molecule has 0 spiro atoms. The van der Waals surface area contributed by atoms with Crippen LogP contribution in [-0.2, 0) is 14.2 Å². The summed E-state index contributed by atoms with van der Waals surface area (Å²) in [4.78, 5) is 5.71. The molecule has 1 aromatic rings. The molecule has 0 aromatic heterocycles. The lowest BCUT2D eigenvalue weighted by Gasteiger charge is -2.31. The zero-order chi connectivity index (χ0) is 20.1. The van der Waals surface area contributed by atoms with Crippen LogP contribution < -0.4 is 14.7 Å². The van der Waals surface area contributed by atoms with Crippen molar-refractivity contribution in [3.63, 3.8) is 0 Å². The largest absolute Gasteiger partial charge is 0.395 e. The number of methoxy groups -OCH3 is 3. The molecule has 0 atom stereocenters. The number of aliphatic hydroxyl groups excluding tert-OH is 3. The minimum absolute atomic E-state index is 0.0141. The van der Waals surface area contributed by atoms with E-state index in [1.807, 2.05) is 32.9 Å². The van der Waals surface area contributed by atoms with Crippen molar-refractivity contribution >= 4 is 17.1 Å². The van der Waals surface area contributed by atoms with Crippen LogP contribution in [0.25, 0.3) is 0 Å². The van der Waals surface area contributed by atoms with Gasteiger partial charge in [-0.3, -0.25) is 0 Å². The Hall–Kier alpha value is -1.62. The highest BCUT2D eigenvalue weighted by molar-refractivity contribution is 5.69. The van der Waals surface area contributed by atoms with Crippen LogP contribution in [0.2, 0.25) is 0 Å². The van der Waals surface area contributed by atoms with Crippen molar-refractivity contribution in [2.75, 3.05) is 95.7 Å². The Balaban J connectivity index is 3.38. The fraction of sp³-hybridized carbons (Fsp3) is 0.667. The van der Waals surface area contributed by atoms with E-state index in [9.17, 15) is 15.3 Å². The molecule has 3 N–H and O–H groups in total. The Bertz CT molecular complexity index is 418. The molecule has 0 aliphatic rings. The van der Waals surface area contributed by atoms with Gasteiger partial charge in [-0.2, -0.15) is 0 Å². The van der Waals surface area contributed by atoms with Crippen molar-refractivity contribution < 1.29 is 29.5 Å². The maximum Gasteiger partial charge on any atom is 0.120 e. The summed E-state index contributed by atoms with van der Waals surface area (Å²) >= 11 is 0. The van der Waals surface area contributed by atoms with E-state index in [2.05, 4.69) is 0 Å². The summed E-state index contributed by atoms with van der Waals surface area (Å²) < 4.78 is 15.8. The first kappa shape index (κ1) is 23.4. The maximum atomic E-state index is 9.39. The number of hydrogen-bond donors (Lipinski definition) is 3. The molecule has 0 heterocycles. The van der Waals surface area contributed by atoms with E-state index >= 15 is 0 Å². The number of aliphatic hydroxyl groups is 3. The van der Waals surface area contributed by atoms with E-state index < -0.39 is 0 Å². The number of hydrogen-bond acceptors (Lipinski definition) is 9. The highest BCUT2D eigenvalue weighted by Gasteiger charge is 2.16. The van der Waals surface area contributed by atoms with E-state index in [4.69, 9.17) is 14.2 Å². The molecule has 9 nitrogen and oxygen atoms in total. The Labute approximate surface area is 161 Å². The van der Waals surface area contributed by atoms with Gasteiger partial charge in [-0.25, -0.2) is 0 Å². The summed E-state index contributed by atoms with van der Waals surface area (Å²) in [5, 5.41) is 28.2. The van der Waals surface area contributed by atoms with E-state index in [0.717, 1.165) is 17.1 Å². The predicted octanol–water partition coefficient (Wildman–Crippen LogP) is -0.106. The lowest BCUT2D eigenvalue weighted by atomic mass is 10.2. The molecule has 0 aliphatic heterocycles. The Morgan fingerprint density at radius 1 is 0.593 bits per heavy atom. The van der Waals surface area contributed by atoms with E-state index in [1.54, 1.807) is 21.3 Å². The molecule has 1 rings (SSSR count). The van der Waals surface area contributed by atoms with Crippen LogP contribution in [-0.4, -0.2) is 96.3 Å². The molecule has 156 valence electrons. The zero-order valence-electron chi connectivity index (χ0n) is 16.5. The van der Waals surface area contributed by atoms with Gasteiger partial charge in [0.25, 0.3) is 0 Å². The standard InChI is InChI=1S/C18H33N3O6/c1-25-13-20(6-9-24)17-10-16(19(4-7-22)5-8-23)11-18(12-17)21(14-26-2)15-27-3/h10-12,22-24H,4-9,13-15H2,1-3H3.